The van der Waals surface area contributed by atoms with Crippen LogP contribution in [0.5, 0.6) is 0 Å². The van der Waals surface area contributed by atoms with E-state index in [9.17, 15) is 0 Å². The topological polar surface area (TPSA) is 50.3 Å². The smallest absolute Gasteiger partial charge is 0.222 e. The second kappa shape index (κ2) is 5.84. The van der Waals surface area contributed by atoms with E-state index < -0.39 is 0 Å². The van der Waals surface area contributed by atoms with E-state index in [2.05, 4.69) is 27.1 Å². The Morgan fingerprint density at radius 2 is 2.47 bits per heavy atom. The highest BCUT2D eigenvalue weighted by Gasteiger charge is 2.18. The number of hydrogen-bond acceptors (Lipinski definition) is 5. The first-order valence-electron chi connectivity index (χ1n) is 7.28. The fraction of sp³-hybridized carbons (Fsp3) is 0.714. The van der Waals surface area contributed by atoms with Gasteiger partial charge >= 0.3 is 0 Å². The van der Waals surface area contributed by atoms with Gasteiger partial charge in [-0.3, -0.25) is 4.90 Å². The molecule has 0 aromatic carbocycles. The van der Waals surface area contributed by atoms with Crippen LogP contribution in [0, 0.1) is 0 Å². The van der Waals surface area contributed by atoms with Crippen molar-refractivity contribution < 1.29 is 4.74 Å². The SMILES string of the molecule is CCN1CCc2nc(NC[C@H]3CCCO3)ncc2C1. The summed E-state index contributed by atoms with van der Waals surface area (Å²) in [6.07, 6.45) is 5.64. The molecule has 2 aliphatic heterocycles. The van der Waals surface area contributed by atoms with Gasteiger partial charge < -0.3 is 10.1 Å². The Bertz CT molecular complexity index is 431. The number of nitrogens with zero attached hydrogens (tertiary/aromatic N) is 3. The van der Waals surface area contributed by atoms with E-state index in [4.69, 9.17) is 4.74 Å². The monoisotopic (exact) mass is 262 g/mol. The summed E-state index contributed by atoms with van der Waals surface area (Å²) >= 11 is 0. The summed E-state index contributed by atoms with van der Waals surface area (Å²) in [6.45, 7) is 7.09. The van der Waals surface area contributed by atoms with Crippen molar-refractivity contribution in [3.63, 3.8) is 0 Å². The highest BCUT2D eigenvalue weighted by atomic mass is 16.5. The summed E-state index contributed by atoms with van der Waals surface area (Å²) in [5.74, 6) is 0.749. The maximum absolute atomic E-state index is 5.59. The molecule has 2 aliphatic rings. The second-order valence-corrected chi connectivity index (χ2v) is 5.30. The molecule has 0 radical (unpaired) electrons. The minimum Gasteiger partial charge on any atom is -0.376 e. The van der Waals surface area contributed by atoms with Crippen LogP contribution in [0.1, 0.15) is 31.0 Å². The molecule has 1 atom stereocenters. The number of rotatable bonds is 4. The zero-order chi connectivity index (χ0) is 13.1. The average molecular weight is 262 g/mol. The maximum Gasteiger partial charge on any atom is 0.222 e. The third-order valence-electron chi connectivity index (χ3n) is 3.97. The standard InChI is InChI=1S/C14H22N4O/c1-2-18-6-5-13-11(10-18)8-15-14(17-13)16-9-12-4-3-7-19-12/h8,12H,2-7,9-10H2,1H3,(H,15,16,17)/t12-/m1/s1. The zero-order valence-corrected chi connectivity index (χ0v) is 11.6. The van der Waals surface area contributed by atoms with Crippen LogP contribution in [0.25, 0.3) is 0 Å². The van der Waals surface area contributed by atoms with Crippen LogP contribution in [0.15, 0.2) is 6.20 Å². The highest BCUT2D eigenvalue weighted by molar-refractivity contribution is 5.31. The average Bonchev–Trinajstić information content (AvgIpc) is 2.97. The van der Waals surface area contributed by atoms with Crippen molar-refractivity contribution in [3.8, 4) is 0 Å². The zero-order valence-electron chi connectivity index (χ0n) is 11.6. The Kier molecular flexibility index (Phi) is 3.94. The van der Waals surface area contributed by atoms with Crippen LogP contribution in [0.2, 0.25) is 0 Å². The van der Waals surface area contributed by atoms with E-state index in [0.29, 0.717) is 6.10 Å². The third-order valence-corrected chi connectivity index (χ3v) is 3.97. The Morgan fingerprint density at radius 3 is 3.26 bits per heavy atom. The molecule has 1 N–H and O–H groups in total. The first-order valence-corrected chi connectivity index (χ1v) is 7.28. The van der Waals surface area contributed by atoms with E-state index in [-0.39, 0.29) is 0 Å². The van der Waals surface area contributed by atoms with Gasteiger partial charge in [-0.1, -0.05) is 6.92 Å². The minimum atomic E-state index is 0.329. The molecule has 0 bridgehead atoms. The van der Waals surface area contributed by atoms with Crippen molar-refractivity contribution in [1.82, 2.24) is 14.9 Å². The van der Waals surface area contributed by atoms with Gasteiger partial charge in [0.05, 0.1) is 11.8 Å². The van der Waals surface area contributed by atoms with Crippen LogP contribution in [0.3, 0.4) is 0 Å². The molecule has 5 heteroatoms. The molecular formula is C14H22N4O. The number of likely N-dealkylation sites (N-methyl/N-ethyl adjacent to an activating group) is 1. The Morgan fingerprint density at radius 1 is 1.53 bits per heavy atom. The lowest BCUT2D eigenvalue weighted by molar-refractivity contribution is 0.120. The van der Waals surface area contributed by atoms with Gasteiger partial charge in [0.1, 0.15) is 0 Å². The molecule has 104 valence electrons. The number of nitrogens with one attached hydrogen (secondary N) is 1. The number of hydrogen-bond donors (Lipinski definition) is 1. The molecule has 19 heavy (non-hydrogen) atoms. The number of fused-ring (bicyclic) bond motifs is 1. The van der Waals surface area contributed by atoms with Crippen molar-refractivity contribution >= 4 is 5.95 Å². The molecule has 0 unspecified atom stereocenters. The molecule has 3 rings (SSSR count). The molecule has 0 amide bonds. The van der Waals surface area contributed by atoms with Gasteiger partial charge in [-0.2, -0.15) is 0 Å². The van der Waals surface area contributed by atoms with Gasteiger partial charge in [0, 0.05) is 44.4 Å². The summed E-state index contributed by atoms with van der Waals surface area (Å²) < 4.78 is 5.59. The Balaban J connectivity index is 1.61. The van der Waals surface area contributed by atoms with E-state index in [1.54, 1.807) is 0 Å². The van der Waals surface area contributed by atoms with Crippen LogP contribution >= 0.6 is 0 Å². The number of ether oxygens (including phenoxy) is 1. The van der Waals surface area contributed by atoms with Gasteiger partial charge in [0.15, 0.2) is 0 Å². The van der Waals surface area contributed by atoms with Gasteiger partial charge in [0.25, 0.3) is 0 Å². The molecule has 0 aliphatic carbocycles. The van der Waals surface area contributed by atoms with E-state index >= 15 is 0 Å². The van der Waals surface area contributed by atoms with E-state index in [1.807, 2.05) is 6.20 Å². The first kappa shape index (κ1) is 12.8. The van der Waals surface area contributed by atoms with Crippen LogP contribution in [-0.4, -0.2) is 47.2 Å². The van der Waals surface area contributed by atoms with Crippen LogP contribution in [-0.2, 0) is 17.7 Å². The summed E-state index contributed by atoms with van der Waals surface area (Å²) in [4.78, 5) is 11.5. The minimum absolute atomic E-state index is 0.329. The van der Waals surface area contributed by atoms with Crippen molar-refractivity contribution in [2.24, 2.45) is 0 Å². The van der Waals surface area contributed by atoms with E-state index in [1.165, 1.54) is 17.7 Å². The molecule has 0 saturated carbocycles. The largest absolute Gasteiger partial charge is 0.376 e. The lowest BCUT2D eigenvalue weighted by atomic mass is 10.1. The fourth-order valence-corrected chi connectivity index (χ4v) is 2.74. The highest BCUT2D eigenvalue weighted by Crippen LogP contribution is 2.18. The molecule has 3 heterocycles. The summed E-state index contributed by atoms with van der Waals surface area (Å²) in [5.41, 5.74) is 2.48. The van der Waals surface area contributed by atoms with Crippen molar-refractivity contribution in [2.75, 3.05) is 31.6 Å². The molecule has 1 saturated heterocycles. The number of aromatic nitrogens is 2. The Hall–Kier alpha value is -1.20. The molecular weight excluding hydrogens is 240 g/mol. The van der Waals surface area contributed by atoms with Gasteiger partial charge in [-0.05, 0) is 19.4 Å². The predicted octanol–water partition coefficient (Wildman–Crippen LogP) is 1.45. The molecule has 1 fully saturated rings. The van der Waals surface area contributed by atoms with Crippen molar-refractivity contribution in [1.29, 1.82) is 0 Å². The lowest BCUT2D eigenvalue weighted by Crippen LogP contribution is -2.31. The summed E-state index contributed by atoms with van der Waals surface area (Å²) in [6, 6.07) is 0. The van der Waals surface area contributed by atoms with E-state index in [0.717, 1.165) is 51.6 Å². The maximum atomic E-state index is 5.59. The second-order valence-electron chi connectivity index (χ2n) is 5.30. The predicted molar refractivity (Wildman–Crippen MR) is 74.2 cm³/mol. The van der Waals surface area contributed by atoms with Crippen molar-refractivity contribution in [2.45, 2.75) is 38.8 Å². The lowest BCUT2D eigenvalue weighted by Gasteiger charge is -2.26. The normalized spacial score (nSPS) is 23.3. The van der Waals surface area contributed by atoms with Crippen LogP contribution < -0.4 is 5.32 Å². The molecule has 1 aromatic rings. The first-order chi connectivity index (χ1) is 9.35. The Labute approximate surface area is 114 Å². The van der Waals surface area contributed by atoms with Gasteiger partial charge in [-0.15, -0.1) is 0 Å². The molecule has 5 nitrogen and oxygen atoms in total. The van der Waals surface area contributed by atoms with Gasteiger partial charge in [-0.25, -0.2) is 9.97 Å². The summed E-state index contributed by atoms with van der Waals surface area (Å²) in [7, 11) is 0. The van der Waals surface area contributed by atoms with Gasteiger partial charge in [0.2, 0.25) is 5.95 Å². The van der Waals surface area contributed by atoms with Crippen LogP contribution in [0.4, 0.5) is 5.95 Å². The quantitative estimate of drug-likeness (QED) is 0.890. The molecule has 0 spiro atoms. The van der Waals surface area contributed by atoms with Crippen molar-refractivity contribution in [3.05, 3.63) is 17.5 Å². The third kappa shape index (κ3) is 3.04. The number of anilines is 1. The summed E-state index contributed by atoms with van der Waals surface area (Å²) in [5, 5.41) is 3.30. The molecule has 1 aromatic heterocycles. The fourth-order valence-electron chi connectivity index (χ4n) is 2.74.